The summed E-state index contributed by atoms with van der Waals surface area (Å²) < 4.78 is 42.0. The van der Waals surface area contributed by atoms with Crippen LogP contribution in [0.25, 0.3) is 0 Å². The van der Waals surface area contributed by atoms with Gasteiger partial charge in [-0.3, -0.25) is 5.41 Å². The Morgan fingerprint density at radius 1 is 1.24 bits per heavy atom. The van der Waals surface area contributed by atoms with E-state index in [9.17, 15) is 13.2 Å². The predicted molar refractivity (Wildman–Crippen MR) is 98.7 cm³/mol. The lowest BCUT2D eigenvalue weighted by Gasteiger charge is -2.23. The van der Waals surface area contributed by atoms with Gasteiger partial charge in [-0.15, -0.1) is 11.8 Å². The number of benzene rings is 2. The maximum absolute atomic E-state index is 14.4. The van der Waals surface area contributed by atoms with Crippen LogP contribution in [0.15, 0.2) is 29.2 Å². The molecule has 2 rings (SSSR count). The summed E-state index contributed by atoms with van der Waals surface area (Å²) in [6, 6.07) is 7.46. The molecule has 0 aliphatic carbocycles. The van der Waals surface area contributed by atoms with E-state index in [-0.39, 0.29) is 5.96 Å². The standard InChI is InChI=1S/C17H17ClF3N3S/c1-4-9-6-5-7-10(8-9)24(2)17(22)23-15-11(18)12(19)13(20)16(25-3)14(15)21/h5-8H,4H2,1-3H3,(H2,22,23). The lowest BCUT2D eigenvalue weighted by Crippen LogP contribution is -2.32. The highest BCUT2D eigenvalue weighted by atomic mass is 35.5. The molecular formula is C17H17ClF3N3S. The highest BCUT2D eigenvalue weighted by Crippen LogP contribution is 2.37. The zero-order valence-corrected chi connectivity index (χ0v) is 15.5. The summed E-state index contributed by atoms with van der Waals surface area (Å²) in [5.41, 5.74) is 1.30. The van der Waals surface area contributed by atoms with Gasteiger partial charge in [0.05, 0.1) is 4.90 Å². The Bertz CT molecular complexity index is 814. The van der Waals surface area contributed by atoms with Gasteiger partial charge in [-0.05, 0) is 30.4 Å². The Morgan fingerprint density at radius 2 is 1.92 bits per heavy atom. The third kappa shape index (κ3) is 3.88. The molecule has 0 amide bonds. The zero-order chi connectivity index (χ0) is 18.7. The van der Waals surface area contributed by atoms with E-state index in [1.807, 2.05) is 25.1 Å². The molecule has 0 saturated heterocycles. The fourth-order valence-corrected chi connectivity index (χ4v) is 2.98. The molecule has 0 radical (unpaired) electrons. The summed E-state index contributed by atoms with van der Waals surface area (Å²) in [6.07, 6.45) is 2.25. The van der Waals surface area contributed by atoms with Gasteiger partial charge in [0, 0.05) is 12.7 Å². The van der Waals surface area contributed by atoms with Gasteiger partial charge in [0.1, 0.15) is 10.7 Å². The first kappa shape index (κ1) is 19.5. The second-order valence-corrected chi connectivity index (χ2v) is 6.41. The van der Waals surface area contributed by atoms with Gasteiger partial charge in [0.2, 0.25) is 0 Å². The summed E-state index contributed by atoms with van der Waals surface area (Å²) >= 11 is 6.46. The summed E-state index contributed by atoms with van der Waals surface area (Å²) in [5, 5.41) is 9.82. The Labute approximate surface area is 153 Å². The van der Waals surface area contributed by atoms with Crippen molar-refractivity contribution < 1.29 is 13.2 Å². The van der Waals surface area contributed by atoms with E-state index in [1.54, 1.807) is 13.1 Å². The van der Waals surface area contributed by atoms with Gasteiger partial charge in [-0.25, -0.2) is 13.2 Å². The molecule has 2 N–H and O–H groups in total. The third-order valence-electron chi connectivity index (χ3n) is 3.71. The molecule has 0 heterocycles. The molecule has 0 aliphatic rings. The van der Waals surface area contributed by atoms with Gasteiger partial charge >= 0.3 is 0 Å². The molecule has 0 unspecified atom stereocenters. The Balaban J connectivity index is 2.36. The molecule has 2 aromatic rings. The minimum atomic E-state index is -1.35. The minimum Gasteiger partial charge on any atom is -0.322 e. The number of hydrogen-bond donors (Lipinski definition) is 2. The Morgan fingerprint density at radius 3 is 2.52 bits per heavy atom. The highest BCUT2D eigenvalue weighted by Gasteiger charge is 2.25. The third-order valence-corrected chi connectivity index (χ3v) is 4.83. The number of aryl methyl sites for hydroxylation is 1. The van der Waals surface area contributed by atoms with Crippen molar-refractivity contribution in [3.63, 3.8) is 0 Å². The Hall–Kier alpha value is -1.86. The molecule has 0 aliphatic heterocycles. The molecule has 8 heteroatoms. The van der Waals surface area contributed by atoms with Gasteiger partial charge in [0.25, 0.3) is 0 Å². The summed E-state index contributed by atoms with van der Waals surface area (Å²) in [6.45, 7) is 2.00. The first-order chi connectivity index (χ1) is 11.8. The second-order valence-electron chi connectivity index (χ2n) is 5.22. The van der Waals surface area contributed by atoms with Gasteiger partial charge in [-0.2, -0.15) is 0 Å². The molecule has 0 bridgehead atoms. The number of halogens is 4. The number of nitrogens with one attached hydrogen (secondary N) is 2. The van der Waals surface area contributed by atoms with Gasteiger partial charge in [-0.1, -0.05) is 30.7 Å². The summed E-state index contributed by atoms with van der Waals surface area (Å²) in [5.74, 6) is -3.95. The zero-order valence-electron chi connectivity index (χ0n) is 13.9. The largest absolute Gasteiger partial charge is 0.322 e. The molecule has 134 valence electrons. The lowest BCUT2D eigenvalue weighted by molar-refractivity contribution is 0.470. The van der Waals surface area contributed by atoms with Crippen molar-refractivity contribution in [2.45, 2.75) is 18.2 Å². The fourth-order valence-electron chi connectivity index (χ4n) is 2.22. The quantitative estimate of drug-likeness (QED) is 0.238. The predicted octanol–water partition coefficient (Wildman–Crippen LogP) is 5.52. The van der Waals surface area contributed by atoms with Crippen LogP contribution in [0.4, 0.5) is 24.5 Å². The van der Waals surface area contributed by atoms with Crippen LogP contribution in [0, 0.1) is 22.9 Å². The van der Waals surface area contributed by atoms with Crippen LogP contribution in [0.3, 0.4) is 0 Å². The smallest absolute Gasteiger partial charge is 0.200 e. The number of nitrogens with zero attached hydrogens (tertiary/aromatic N) is 1. The van der Waals surface area contributed by atoms with Crippen LogP contribution in [0.1, 0.15) is 12.5 Å². The van der Waals surface area contributed by atoms with Gasteiger partial charge < -0.3 is 10.2 Å². The summed E-state index contributed by atoms with van der Waals surface area (Å²) in [7, 11) is 1.60. The molecule has 2 aromatic carbocycles. The normalized spacial score (nSPS) is 10.7. The topological polar surface area (TPSA) is 39.1 Å². The molecule has 0 atom stereocenters. The highest BCUT2D eigenvalue weighted by molar-refractivity contribution is 7.98. The maximum Gasteiger partial charge on any atom is 0.200 e. The van der Waals surface area contributed by atoms with E-state index >= 15 is 0 Å². The monoisotopic (exact) mass is 387 g/mol. The van der Waals surface area contributed by atoms with Crippen molar-refractivity contribution in [2.75, 3.05) is 23.5 Å². The number of thioether (sulfide) groups is 1. The van der Waals surface area contributed by atoms with Crippen molar-refractivity contribution in [1.29, 1.82) is 5.41 Å². The van der Waals surface area contributed by atoms with Crippen LogP contribution in [0.2, 0.25) is 5.02 Å². The van der Waals surface area contributed by atoms with Gasteiger partial charge in [0.15, 0.2) is 23.4 Å². The average molecular weight is 388 g/mol. The first-order valence-corrected chi connectivity index (χ1v) is 9.00. The van der Waals surface area contributed by atoms with Crippen LogP contribution in [0.5, 0.6) is 0 Å². The number of anilines is 2. The van der Waals surface area contributed by atoms with Crippen LogP contribution >= 0.6 is 23.4 Å². The molecule has 25 heavy (non-hydrogen) atoms. The minimum absolute atomic E-state index is 0.230. The number of rotatable bonds is 4. The average Bonchev–Trinajstić information content (AvgIpc) is 2.63. The van der Waals surface area contributed by atoms with Crippen molar-refractivity contribution >= 4 is 40.7 Å². The van der Waals surface area contributed by atoms with Crippen LogP contribution in [-0.2, 0) is 6.42 Å². The lowest BCUT2D eigenvalue weighted by atomic mass is 10.1. The van der Waals surface area contributed by atoms with E-state index in [2.05, 4.69) is 5.32 Å². The molecule has 0 saturated carbocycles. The summed E-state index contributed by atoms with van der Waals surface area (Å²) in [4.78, 5) is 0.961. The van der Waals surface area contributed by atoms with Crippen molar-refractivity contribution in [1.82, 2.24) is 0 Å². The first-order valence-electron chi connectivity index (χ1n) is 7.39. The van der Waals surface area contributed by atoms with E-state index < -0.39 is 33.1 Å². The van der Waals surface area contributed by atoms with Crippen LogP contribution < -0.4 is 10.2 Å². The van der Waals surface area contributed by atoms with E-state index in [0.717, 1.165) is 23.7 Å². The number of guanidine groups is 1. The van der Waals surface area contributed by atoms with E-state index in [1.165, 1.54) is 11.2 Å². The molecule has 3 nitrogen and oxygen atoms in total. The molecule has 0 spiro atoms. The van der Waals surface area contributed by atoms with Crippen molar-refractivity contribution in [3.8, 4) is 0 Å². The maximum atomic E-state index is 14.4. The number of hydrogen-bond acceptors (Lipinski definition) is 2. The molecule has 0 aromatic heterocycles. The SMILES string of the molecule is CCc1cccc(N(C)C(=N)Nc2c(F)c(SC)c(F)c(F)c2Cl)c1. The Kier molecular flexibility index (Phi) is 6.24. The van der Waals surface area contributed by atoms with Crippen LogP contribution in [-0.4, -0.2) is 19.3 Å². The molecule has 0 fully saturated rings. The second kappa shape index (κ2) is 8.01. The fraction of sp³-hybridized carbons (Fsp3) is 0.235. The van der Waals surface area contributed by atoms with Crippen molar-refractivity contribution in [2.24, 2.45) is 0 Å². The van der Waals surface area contributed by atoms with Crippen molar-refractivity contribution in [3.05, 3.63) is 52.3 Å². The van der Waals surface area contributed by atoms with E-state index in [0.29, 0.717) is 5.69 Å². The molecular weight excluding hydrogens is 371 g/mol. The van der Waals surface area contributed by atoms with E-state index in [4.69, 9.17) is 17.0 Å².